The maximum atomic E-state index is 12.2. The lowest BCUT2D eigenvalue weighted by Gasteiger charge is -2.27. The highest BCUT2D eigenvalue weighted by Crippen LogP contribution is 2.30. The van der Waals surface area contributed by atoms with Gasteiger partial charge in [-0.3, -0.25) is 4.79 Å². The molecule has 0 saturated heterocycles. The van der Waals surface area contributed by atoms with Gasteiger partial charge in [-0.05, 0) is 76.3 Å². The smallest absolute Gasteiger partial charge is 0.223 e. The van der Waals surface area contributed by atoms with Crippen LogP contribution in [0.15, 0.2) is 23.3 Å². The Morgan fingerprint density at radius 3 is 2.73 bits per heavy atom. The number of hydrogen-bond donors (Lipinski definition) is 2. The van der Waals surface area contributed by atoms with Crippen LogP contribution >= 0.6 is 0 Å². The predicted molar refractivity (Wildman–Crippen MR) is 123 cm³/mol. The lowest BCUT2D eigenvalue weighted by atomic mass is 9.85. The molecular formula is C25H39N3O2. The van der Waals surface area contributed by atoms with Crippen molar-refractivity contribution in [1.82, 2.24) is 10.3 Å². The third-order valence-electron chi connectivity index (χ3n) is 6.35. The minimum Gasteiger partial charge on any atom is -0.381 e. The first kappa shape index (κ1) is 22.8. The van der Waals surface area contributed by atoms with E-state index in [1.165, 1.54) is 48.1 Å². The molecule has 1 atom stereocenters. The van der Waals surface area contributed by atoms with E-state index in [2.05, 4.69) is 29.7 Å². The van der Waals surface area contributed by atoms with Gasteiger partial charge in [-0.2, -0.15) is 0 Å². The Morgan fingerprint density at radius 1 is 1.17 bits per heavy atom. The van der Waals surface area contributed by atoms with E-state index in [1.807, 2.05) is 13.8 Å². The average Bonchev–Trinajstić information content (AvgIpc) is 2.70. The number of fused-ring (bicyclic) bond motifs is 1. The average molecular weight is 414 g/mol. The van der Waals surface area contributed by atoms with Crippen LogP contribution in [0.3, 0.4) is 0 Å². The van der Waals surface area contributed by atoms with E-state index in [0.717, 1.165) is 51.1 Å². The van der Waals surface area contributed by atoms with Crippen molar-refractivity contribution in [2.45, 2.75) is 84.6 Å². The molecule has 1 aliphatic carbocycles. The second-order valence-electron chi connectivity index (χ2n) is 9.05. The summed E-state index contributed by atoms with van der Waals surface area (Å²) in [4.78, 5) is 17.0. The Bertz CT molecular complexity index is 736. The van der Waals surface area contributed by atoms with Gasteiger partial charge in [0, 0.05) is 31.4 Å². The number of allylic oxidation sites excluding steroid dienone is 1. The summed E-state index contributed by atoms with van der Waals surface area (Å²) in [5, 5.41) is 6.63. The third-order valence-corrected chi connectivity index (χ3v) is 6.35. The number of hydrogen-bond acceptors (Lipinski definition) is 4. The number of aromatic nitrogens is 1. The fourth-order valence-electron chi connectivity index (χ4n) is 4.05. The minimum atomic E-state index is 0.0139. The largest absolute Gasteiger partial charge is 0.381 e. The zero-order valence-corrected chi connectivity index (χ0v) is 19.1. The zero-order chi connectivity index (χ0) is 21.3. The van der Waals surface area contributed by atoms with Crippen molar-refractivity contribution in [2.24, 2.45) is 5.92 Å². The first-order chi connectivity index (χ1) is 14.5. The van der Waals surface area contributed by atoms with Crippen LogP contribution < -0.4 is 10.6 Å². The van der Waals surface area contributed by atoms with Crippen LogP contribution in [0.5, 0.6) is 0 Å². The van der Waals surface area contributed by atoms with Gasteiger partial charge in [0.15, 0.2) is 0 Å². The lowest BCUT2D eigenvalue weighted by molar-refractivity contribution is -0.124. The fraction of sp³-hybridized carbons (Fsp3) is 0.680. The maximum Gasteiger partial charge on any atom is 0.223 e. The van der Waals surface area contributed by atoms with Crippen molar-refractivity contribution in [2.75, 3.05) is 25.1 Å². The Balaban J connectivity index is 1.35. The standard InChI is InChI=1S/C25H39N3O2/c1-18(2)25(29)28-23(19(3)20-8-6-9-20)14-17-30-16-5-4-11-22-13-12-21-10-7-15-26-24(21)27-22/h12-13,18,23H,4-11,14-17H2,1-3H3,(H,26,27)(H,28,29). The molecule has 0 aromatic carbocycles. The molecule has 2 N–H and O–H groups in total. The number of nitrogens with one attached hydrogen (secondary N) is 2. The highest BCUT2D eigenvalue weighted by Gasteiger charge is 2.21. The monoisotopic (exact) mass is 413 g/mol. The normalized spacial score (nSPS) is 16.5. The summed E-state index contributed by atoms with van der Waals surface area (Å²) in [7, 11) is 0. The lowest BCUT2D eigenvalue weighted by Crippen LogP contribution is -2.39. The second kappa shape index (κ2) is 11.5. The first-order valence-electron chi connectivity index (χ1n) is 11.8. The molecule has 30 heavy (non-hydrogen) atoms. The van der Waals surface area contributed by atoms with Gasteiger partial charge in [-0.1, -0.05) is 31.1 Å². The Kier molecular flexibility index (Phi) is 8.74. The Morgan fingerprint density at radius 2 is 2.00 bits per heavy atom. The van der Waals surface area contributed by atoms with E-state index in [0.29, 0.717) is 6.61 Å². The predicted octanol–water partition coefficient (Wildman–Crippen LogP) is 4.81. The summed E-state index contributed by atoms with van der Waals surface area (Å²) in [5.74, 6) is 1.23. The number of pyridine rings is 1. The van der Waals surface area contributed by atoms with Crippen molar-refractivity contribution in [3.8, 4) is 0 Å². The number of rotatable bonds is 11. The highest BCUT2D eigenvalue weighted by atomic mass is 16.5. The summed E-state index contributed by atoms with van der Waals surface area (Å²) in [6.07, 6.45) is 9.96. The summed E-state index contributed by atoms with van der Waals surface area (Å²) < 4.78 is 5.91. The second-order valence-corrected chi connectivity index (χ2v) is 9.05. The molecule has 0 spiro atoms. The number of nitrogens with zero attached hydrogens (tertiary/aromatic N) is 1. The van der Waals surface area contributed by atoms with Crippen LogP contribution in [0.25, 0.3) is 0 Å². The topological polar surface area (TPSA) is 63.2 Å². The molecule has 1 amide bonds. The number of carbonyl (C=O) groups excluding carboxylic acids is 1. The van der Waals surface area contributed by atoms with E-state index in [9.17, 15) is 4.79 Å². The molecule has 0 radical (unpaired) electrons. The maximum absolute atomic E-state index is 12.2. The quantitative estimate of drug-likeness (QED) is 0.404. The number of carbonyl (C=O) groups is 1. The van der Waals surface area contributed by atoms with E-state index >= 15 is 0 Å². The van der Waals surface area contributed by atoms with E-state index in [1.54, 1.807) is 0 Å². The number of aryl methyl sites for hydroxylation is 2. The van der Waals surface area contributed by atoms with E-state index in [4.69, 9.17) is 9.72 Å². The van der Waals surface area contributed by atoms with Crippen molar-refractivity contribution in [1.29, 1.82) is 0 Å². The summed E-state index contributed by atoms with van der Waals surface area (Å²) in [6, 6.07) is 4.51. The molecule has 5 nitrogen and oxygen atoms in total. The van der Waals surface area contributed by atoms with Gasteiger partial charge in [-0.25, -0.2) is 4.98 Å². The van der Waals surface area contributed by atoms with Crippen molar-refractivity contribution >= 4 is 11.7 Å². The number of unbranched alkanes of at least 4 members (excludes halogenated alkanes) is 1. The SMILES string of the molecule is CC(=C1CCC1)C(CCOCCCCc1ccc2c(n1)NCCC2)NC(=O)C(C)C. The van der Waals surface area contributed by atoms with E-state index < -0.39 is 0 Å². The first-order valence-corrected chi connectivity index (χ1v) is 11.8. The summed E-state index contributed by atoms with van der Waals surface area (Å²) in [5.41, 5.74) is 5.39. The van der Waals surface area contributed by atoms with Crippen LogP contribution in [-0.2, 0) is 22.4 Å². The van der Waals surface area contributed by atoms with Crippen LogP contribution in [0, 0.1) is 5.92 Å². The minimum absolute atomic E-state index is 0.0139. The van der Waals surface area contributed by atoms with Gasteiger partial charge < -0.3 is 15.4 Å². The third kappa shape index (κ3) is 6.56. The molecule has 166 valence electrons. The van der Waals surface area contributed by atoms with Gasteiger partial charge in [0.25, 0.3) is 0 Å². The van der Waals surface area contributed by atoms with Gasteiger partial charge in [0.1, 0.15) is 5.82 Å². The van der Waals surface area contributed by atoms with Crippen molar-refractivity contribution in [3.63, 3.8) is 0 Å². The molecule has 1 aliphatic heterocycles. The van der Waals surface area contributed by atoms with Gasteiger partial charge in [-0.15, -0.1) is 0 Å². The van der Waals surface area contributed by atoms with Crippen molar-refractivity contribution < 1.29 is 9.53 Å². The van der Waals surface area contributed by atoms with Crippen LogP contribution in [0.4, 0.5) is 5.82 Å². The molecule has 5 heteroatoms. The molecule has 1 aromatic rings. The molecular weight excluding hydrogens is 374 g/mol. The Hall–Kier alpha value is -1.88. The number of ether oxygens (including phenoxy) is 1. The molecule has 2 aliphatic rings. The van der Waals surface area contributed by atoms with Gasteiger partial charge >= 0.3 is 0 Å². The molecule has 1 saturated carbocycles. The fourth-order valence-corrected chi connectivity index (χ4v) is 4.05. The summed E-state index contributed by atoms with van der Waals surface area (Å²) in [6.45, 7) is 8.56. The molecule has 1 fully saturated rings. The molecule has 3 rings (SSSR count). The molecule has 1 aromatic heterocycles. The molecule has 0 bridgehead atoms. The summed E-state index contributed by atoms with van der Waals surface area (Å²) >= 11 is 0. The van der Waals surface area contributed by atoms with E-state index in [-0.39, 0.29) is 17.9 Å². The van der Waals surface area contributed by atoms with Gasteiger partial charge in [0.05, 0.1) is 6.04 Å². The van der Waals surface area contributed by atoms with Gasteiger partial charge in [0.2, 0.25) is 5.91 Å². The molecule has 2 heterocycles. The number of amides is 1. The van der Waals surface area contributed by atoms with Crippen LogP contribution in [0.1, 0.15) is 77.0 Å². The highest BCUT2D eigenvalue weighted by molar-refractivity contribution is 5.78. The van der Waals surface area contributed by atoms with Crippen molar-refractivity contribution in [3.05, 3.63) is 34.5 Å². The van der Waals surface area contributed by atoms with Crippen LogP contribution in [-0.4, -0.2) is 36.7 Å². The molecule has 1 unspecified atom stereocenters. The number of anilines is 1. The van der Waals surface area contributed by atoms with Crippen LogP contribution in [0.2, 0.25) is 0 Å². The zero-order valence-electron chi connectivity index (χ0n) is 19.1. The Labute approximate surface area is 182 Å².